The van der Waals surface area contributed by atoms with E-state index in [2.05, 4.69) is 25.7 Å². The van der Waals surface area contributed by atoms with E-state index in [0.717, 1.165) is 41.6 Å². The van der Waals surface area contributed by atoms with Gasteiger partial charge in [0.25, 0.3) is 15.1 Å². The molecule has 0 aliphatic carbocycles. The monoisotopic (exact) mass is 711 g/mol. The number of halogens is 1. The van der Waals surface area contributed by atoms with Crippen molar-refractivity contribution in [3.63, 3.8) is 0 Å². The van der Waals surface area contributed by atoms with E-state index in [-0.39, 0.29) is 18.6 Å². The maximum Gasteiger partial charge on any atom is 0.270 e. The second-order valence-corrected chi connectivity index (χ2v) is 17.0. The van der Waals surface area contributed by atoms with Crippen LogP contribution in [0, 0.1) is 0 Å². The molecule has 4 aromatic rings. The molecular formula is C31H38ClN3O6S4. The first kappa shape index (κ1) is 35.6. The molecule has 244 valence electrons. The minimum absolute atomic E-state index is 0.201. The summed E-state index contributed by atoms with van der Waals surface area (Å²) in [5.41, 5.74) is 1.67. The molecular weight excluding hydrogens is 674 g/mol. The fraction of sp³-hybridized carbons (Fsp3) is 0.387. The minimum atomic E-state index is -4.33. The number of hydrogen-bond acceptors (Lipinski definition) is 9. The molecule has 1 unspecified atom stereocenters. The van der Waals surface area contributed by atoms with E-state index < -0.39 is 36.5 Å². The van der Waals surface area contributed by atoms with Crippen molar-refractivity contribution in [3.05, 3.63) is 69.7 Å². The van der Waals surface area contributed by atoms with Gasteiger partial charge in [0.1, 0.15) is 11.3 Å². The fourth-order valence-corrected chi connectivity index (χ4v) is 9.80. The number of thioether (sulfide) groups is 1. The molecule has 1 aromatic heterocycles. The van der Waals surface area contributed by atoms with Crippen molar-refractivity contribution < 1.29 is 25.9 Å². The molecule has 3 aromatic carbocycles. The lowest BCUT2D eigenvalue weighted by Crippen LogP contribution is -2.21. The Kier molecular flexibility index (Phi) is 12.3. The van der Waals surface area contributed by atoms with E-state index >= 15 is 0 Å². The summed E-state index contributed by atoms with van der Waals surface area (Å²) < 4.78 is 66.7. The Labute approximate surface area is 277 Å². The van der Waals surface area contributed by atoms with Crippen LogP contribution in [0.1, 0.15) is 38.6 Å². The summed E-state index contributed by atoms with van der Waals surface area (Å²) in [6.07, 6.45) is 2.37. The zero-order chi connectivity index (χ0) is 32.8. The van der Waals surface area contributed by atoms with Gasteiger partial charge in [0.05, 0.1) is 26.6 Å². The van der Waals surface area contributed by atoms with Gasteiger partial charge < -0.3 is 14.4 Å². The van der Waals surface area contributed by atoms with Gasteiger partial charge in [-0.15, -0.1) is 0 Å². The Morgan fingerprint density at radius 1 is 1.00 bits per heavy atom. The number of anilines is 1. The van der Waals surface area contributed by atoms with Gasteiger partial charge in [0.15, 0.2) is 0 Å². The second-order valence-electron chi connectivity index (χ2n) is 10.4. The maximum atomic E-state index is 11.3. The lowest BCUT2D eigenvalue weighted by molar-refractivity contribution is 0.321. The Hall–Kier alpha value is -2.23. The normalized spacial score (nSPS) is 14.8. The van der Waals surface area contributed by atoms with Gasteiger partial charge in [-0.1, -0.05) is 68.4 Å². The van der Waals surface area contributed by atoms with Gasteiger partial charge >= 0.3 is 0 Å². The Bertz CT molecular complexity index is 1880. The quantitative estimate of drug-likeness (QED) is 0.118. The lowest BCUT2D eigenvalue weighted by atomic mass is 10.1. The molecule has 0 saturated heterocycles. The molecule has 9 nitrogen and oxygen atoms in total. The first-order chi connectivity index (χ1) is 21.3. The van der Waals surface area contributed by atoms with Crippen LogP contribution in [-0.2, 0) is 26.0 Å². The highest BCUT2D eigenvalue weighted by atomic mass is 35.5. The molecule has 0 spiro atoms. The first-order valence-corrected chi connectivity index (χ1v) is 20.5. The van der Waals surface area contributed by atoms with Crippen LogP contribution in [0.2, 0.25) is 5.02 Å². The molecule has 5 rings (SSSR count). The van der Waals surface area contributed by atoms with E-state index in [9.17, 15) is 25.9 Å². The molecule has 0 bridgehead atoms. The zero-order valence-corrected chi connectivity index (χ0v) is 29.5. The average molecular weight is 712 g/mol. The number of hydrogen-bond donors (Lipinski definition) is 1. The first-order valence-electron chi connectivity index (χ1n) is 14.7. The predicted molar refractivity (Wildman–Crippen MR) is 188 cm³/mol. The summed E-state index contributed by atoms with van der Waals surface area (Å²) in [5, 5.41) is 4.16. The highest BCUT2D eigenvalue weighted by Gasteiger charge is 2.29. The summed E-state index contributed by atoms with van der Waals surface area (Å²) in [7, 11) is -9.00. The van der Waals surface area contributed by atoms with Crippen LogP contribution in [0.5, 0.6) is 0 Å². The van der Waals surface area contributed by atoms with Crippen LogP contribution in [0.4, 0.5) is 5.69 Å². The van der Waals surface area contributed by atoms with Gasteiger partial charge in [-0.25, -0.2) is 8.42 Å². The zero-order valence-electron chi connectivity index (χ0n) is 25.5. The molecule has 45 heavy (non-hydrogen) atoms. The number of benzene rings is 3. The molecule has 1 atom stereocenters. The van der Waals surface area contributed by atoms with E-state index in [4.69, 9.17) is 16.6 Å². The van der Waals surface area contributed by atoms with Gasteiger partial charge in [-0.2, -0.15) is 13.4 Å². The maximum absolute atomic E-state index is 11.3. The Morgan fingerprint density at radius 3 is 2.36 bits per heavy atom. The number of rotatable bonds is 12. The predicted octanol–water partition coefficient (Wildman–Crippen LogP) is 7.26. The van der Waals surface area contributed by atoms with E-state index in [0.29, 0.717) is 17.3 Å². The molecule has 0 saturated carbocycles. The van der Waals surface area contributed by atoms with Gasteiger partial charge in [0.2, 0.25) is 4.70 Å². The van der Waals surface area contributed by atoms with Gasteiger partial charge in [0, 0.05) is 56.6 Å². The SMILES string of the molecule is CCN(CC)CC.O=S(=O)([O-])CCC[s+]1c(C=C2Sc3ccc(Cl)cc3N2CCCS(=O)(=O)O)nc2c3ccccc3ccc21. The smallest absolute Gasteiger partial charge is 0.270 e. The summed E-state index contributed by atoms with van der Waals surface area (Å²) in [4.78, 5) is 10.3. The third kappa shape index (κ3) is 9.64. The third-order valence-corrected chi connectivity index (χ3v) is 12.6. The summed E-state index contributed by atoms with van der Waals surface area (Å²) in [6.45, 7) is 10.5. The summed E-state index contributed by atoms with van der Waals surface area (Å²) in [5.74, 6) is -0.352. The van der Waals surface area contributed by atoms with Gasteiger partial charge in [-0.05, 0) is 55.7 Å². The van der Waals surface area contributed by atoms with Crippen molar-refractivity contribution in [3.8, 4) is 0 Å². The number of nitrogens with zero attached hydrogens (tertiary/aromatic N) is 3. The second kappa shape index (κ2) is 15.6. The highest BCUT2D eigenvalue weighted by molar-refractivity contribution is 8.04. The third-order valence-electron chi connectivity index (χ3n) is 7.41. The fourth-order valence-electron chi connectivity index (χ4n) is 5.12. The largest absolute Gasteiger partial charge is 0.748 e. The Balaban J connectivity index is 0.000000591. The van der Waals surface area contributed by atoms with Crippen LogP contribution >= 0.6 is 33.8 Å². The lowest BCUT2D eigenvalue weighted by Gasteiger charge is -2.20. The van der Waals surface area contributed by atoms with Crippen LogP contribution in [0.25, 0.3) is 27.1 Å². The van der Waals surface area contributed by atoms with Gasteiger partial charge in [-0.3, -0.25) is 4.55 Å². The highest BCUT2D eigenvalue weighted by Crippen LogP contribution is 2.49. The molecule has 14 heteroatoms. The van der Waals surface area contributed by atoms with Crippen molar-refractivity contribution in [2.24, 2.45) is 0 Å². The van der Waals surface area contributed by atoms with E-state index in [1.807, 2.05) is 59.5 Å². The molecule has 0 fully saturated rings. The summed E-state index contributed by atoms with van der Waals surface area (Å²) >= 11 is 7.76. The van der Waals surface area contributed by atoms with E-state index in [1.54, 1.807) is 6.07 Å². The van der Waals surface area contributed by atoms with Crippen molar-refractivity contribution >= 4 is 86.8 Å². The minimum Gasteiger partial charge on any atom is -0.748 e. The standard InChI is InChI=1S/C25H23ClN2O6S4.C6H15N/c26-18-8-9-21-20(15-18)28(11-3-13-37(29,30)31)24(35-21)16-23-27-25-19-6-2-1-5-17(19)7-10-22(25)36(23)12-4-14-38(32,33)34;1-4-7(5-2)6-3/h1-2,5-10,15-16H,3-4,11-14H2,(H-,29,30,31,32,33,34);4-6H2,1-3H3. The van der Waals surface area contributed by atoms with Crippen LogP contribution in [-0.4, -0.2) is 73.5 Å². The van der Waals surface area contributed by atoms with Crippen LogP contribution in [0.3, 0.4) is 0 Å². The number of fused-ring (bicyclic) bond motifs is 4. The average Bonchev–Trinajstić information content (AvgIpc) is 3.50. The number of thiazole rings is 1. The number of aryl methyl sites for hydroxylation is 1. The molecule has 1 N–H and O–H groups in total. The topological polar surface area (TPSA) is 131 Å². The molecule has 1 aliphatic heterocycles. The molecule has 2 heterocycles. The van der Waals surface area contributed by atoms with Crippen molar-refractivity contribution in [1.82, 2.24) is 9.88 Å². The molecule has 0 radical (unpaired) electrons. The van der Waals surface area contributed by atoms with Crippen LogP contribution in [0.15, 0.2) is 64.5 Å². The van der Waals surface area contributed by atoms with E-state index in [1.165, 1.54) is 31.4 Å². The molecule has 1 aliphatic rings. The molecule has 0 amide bonds. The summed E-state index contributed by atoms with van der Waals surface area (Å²) in [6, 6.07) is 17.4. The Morgan fingerprint density at radius 2 is 1.71 bits per heavy atom. The van der Waals surface area contributed by atoms with Crippen molar-refractivity contribution in [2.75, 3.05) is 42.6 Å². The number of aromatic nitrogens is 1. The van der Waals surface area contributed by atoms with Crippen LogP contribution < -0.4 is 4.90 Å². The van der Waals surface area contributed by atoms with Crippen molar-refractivity contribution in [1.29, 1.82) is 0 Å². The van der Waals surface area contributed by atoms with Crippen molar-refractivity contribution in [2.45, 2.75) is 44.3 Å².